The molecule has 7 heteroatoms. The largest absolute Gasteiger partial charge is 0.496 e. The van der Waals surface area contributed by atoms with E-state index in [1.165, 1.54) is 38.3 Å². The number of carbonyl (C=O) groups excluding carboxylic acids is 2. The van der Waals surface area contributed by atoms with Crippen LogP contribution in [0.5, 0.6) is 11.5 Å². The van der Waals surface area contributed by atoms with Gasteiger partial charge in [-0.25, -0.2) is 4.39 Å². The number of amides is 2. The molecular weight excluding hydrogens is 339 g/mol. The maximum Gasteiger partial charge on any atom is 0.279 e. The number of rotatable bonds is 6. The summed E-state index contributed by atoms with van der Waals surface area (Å²) in [4.78, 5) is 24.0. The van der Waals surface area contributed by atoms with E-state index in [1.807, 2.05) is 19.1 Å². The fraction of sp³-hybridized carbons (Fsp3) is 0.263. The summed E-state index contributed by atoms with van der Waals surface area (Å²) in [5, 5.41) is 0. The summed E-state index contributed by atoms with van der Waals surface area (Å²) in [6.45, 7) is 3.44. The van der Waals surface area contributed by atoms with Crippen LogP contribution in [0.4, 0.5) is 4.39 Å². The normalized spacial score (nSPS) is 11.4. The molecule has 0 aromatic heterocycles. The van der Waals surface area contributed by atoms with Gasteiger partial charge in [0.2, 0.25) is 5.91 Å². The maximum atomic E-state index is 12.9. The van der Waals surface area contributed by atoms with Gasteiger partial charge in [-0.15, -0.1) is 0 Å². The smallest absolute Gasteiger partial charge is 0.279 e. The molecule has 2 aromatic rings. The van der Waals surface area contributed by atoms with E-state index in [1.54, 1.807) is 6.07 Å². The molecule has 0 saturated heterocycles. The van der Waals surface area contributed by atoms with Crippen LogP contribution in [-0.4, -0.2) is 25.0 Å². The Morgan fingerprint density at radius 1 is 1.12 bits per heavy atom. The molecule has 0 radical (unpaired) electrons. The molecule has 0 aliphatic heterocycles. The van der Waals surface area contributed by atoms with E-state index in [4.69, 9.17) is 9.47 Å². The predicted octanol–water partition coefficient (Wildman–Crippen LogP) is 2.30. The van der Waals surface area contributed by atoms with Crippen molar-refractivity contribution < 1.29 is 23.5 Å². The minimum absolute atomic E-state index is 0.0539. The minimum Gasteiger partial charge on any atom is -0.496 e. The molecule has 2 rings (SSSR count). The van der Waals surface area contributed by atoms with E-state index in [2.05, 4.69) is 10.9 Å². The first-order valence-electron chi connectivity index (χ1n) is 8.03. The number of ether oxygens (including phenoxy) is 2. The van der Waals surface area contributed by atoms with Gasteiger partial charge >= 0.3 is 0 Å². The van der Waals surface area contributed by atoms with E-state index in [9.17, 15) is 14.0 Å². The molecule has 0 aliphatic rings. The summed E-state index contributed by atoms with van der Waals surface area (Å²) in [6.07, 6.45) is -0.813. The molecule has 0 aliphatic carbocycles. The molecule has 0 spiro atoms. The van der Waals surface area contributed by atoms with Gasteiger partial charge in [-0.3, -0.25) is 20.4 Å². The zero-order valence-electron chi connectivity index (χ0n) is 14.8. The number of benzene rings is 2. The zero-order chi connectivity index (χ0) is 19.1. The molecule has 0 unspecified atom stereocenters. The maximum absolute atomic E-state index is 12.9. The SMILES string of the molecule is COc1ccc(C)cc1CC(=O)NNC(=O)[C@H](C)Oc1ccc(F)cc1. The average molecular weight is 360 g/mol. The Balaban J connectivity index is 1.85. The van der Waals surface area contributed by atoms with Crippen LogP contribution in [0, 0.1) is 12.7 Å². The number of hydrogen-bond donors (Lipinski definition) is 2. The highest BCUT2D eigenvalue weighted by atomic mass is 19.1. The third-order valence-corrected chi connectivity index (χ3v) is 3.61. The van der Waals surface area contributed by atoms with Gasteiger partial charge in [0.25, 0.3) is 5.91 Å². The molecule has 6 nitrogen and oxygen atoms in total. The lowest BCUT2D eigenvalue weighted by atomic mass is 10.1. The van der Waals surface area contributed by atoms with Gasteiger partial charge in [0.05, 0.1) is 13.5 Å². The van der Waals surface area contributed by atoms with Crippen molar-refractivity contribution >= 4 is 11.8 Å². The number of hydrazine groups is 1. The van der Waals surface area contributed by atoms with Gasteiger partial charge in [0.1, 0.15) is 17.3 Å². The van der Waals surface area contributed by atoms with Crippen molar-refractivity contribution in [3.8, 4) is 11.5 Å². The summed E-state index contributed by atoms with van der Waals surface area (Å²) < 4.78 is 23.5. The van der Waals surface area contributed by atoms with Crippen LogP contribution < -0.4 is 20.3 Å². The Morgan fingerprint density at radius 2 is 1.81 bits per heavy atom. The van der Waals surface area contributed by atoms with Crippen molar-refractivity contribution in [1.29, 1.82) is 0 Å². The summed E-state index contributed by atoms with van der Waals surface area (Å²) in [7, 11) is 1.53. The number of nitrogens with one attached hydrogen (secondary N) is 2. The lowest BCUT2D eigenvalue weighted by Crippen LogP contribution is -2.47. The van der Waals surface area contributed by atoms with Crippen LogP contribution in [-0.2, 0) is 16.0 Å². The predicted molar refractivity (Wildman–Crippen MR) is 94.2 cm³/mol. The van der Waals surface area contributed by atoms with E-state index >= 15 is 0 Å². The molecule has 0 fully saturated rings. The lowest BCUT2D eigenvalue weighted by molar-refractivity contribution is -0.132. The standard InChI is InChI=1S/C19H21FN2O4/c1-12-4-9-17(25-3)14(10-12)11-18(23)21-22-19(24)13(2)26-16-7-5-15(20)6-8-16/h4-10,13H,11H2,1-3H3,(H,21,23)(H,22,24)/t13-/m0/s1. The number of halogens is 1. The Labute approximate surface area is 151 Å². The van der Waals surface area contributed by atoms with Gasteiger partial charge < -0.3 is 9.47 Å². The highest BCUT2D eigenvalue weighted by Gasteiger charge is 2.16. The Bertz CT molecular complexity index is 778. The van der Waals surface area contributed by atoms with Crippen molar-refractivity contribution in [1.82, 2.24) is 10.9 Å². The molecular formula is C19H21FN2O4. The minimum atomic E-state index is -0.866. The Morgan fingerprint density at radius 3 is 2.46 bits per heavy atom. The van der Waals surface area contributed by atoms with Crippen LogP contribution in [0.3, 0.4) is 0 Å². The number of methoxy groups -OCH3 is 1. The second-order valence-corrected chi connectivity index (χ2v) is 5.74. The second kappa shape index (κ2) is 8.84. The average Bonchev–Trinajstić information content (AvgIpc) is 2.61. The van der Waals surface area contributed by atoms with Crippen molar-refractivity contribution in [3.63, 3.8) is 0 Å². The summed E-state index contributed by atoms with van der Waals surface area (Å²) in [5.74, 6) is -0.363. The van der Waals surface area contributed by atoms with E-state index in [-0.39, 0.29) is 6.42 Å². The van der Waals surface area contributed by atoms with Crippen LogP contribution in [0.1, 0.15) is 18.1 Å². The number of carbonyl (C=O) groups is 2. The van der Waals surface area contributed by atoms with Crippen LogP contribution >= 0.6 is 0 Å². The monoisotopic (exact) mass is 360 g/mol. The quantitative estimate of drug-likeness (QED) is 0.775. The molecule has 0 saturated carbocycles. The third kappa shape index (κ3) is 5.47. The van der Waals surface area contributed by atoms with Gasteiger partial charge in [0.15, 0.2) is 6.10 Å². The number of aryl methyl sites for hydroxylation is 1. The van der Waals surface area contributed by atoms with Gasteiger partial charge in [-0.1, -0.05) is 17.7 Å². The second-order valence-electron chi connectivity index (χ2n) is 5.74. The topological polar surface area (TPSA) is 76.7 Å². The zero-order valence-corrected chi connectivity index (χ0v) is 14.8. The van der Waals surface area contributed by atoms with Gasteiger partial charge in [0, 0.05) is 5.56 Å². The molecule has 1 atom stereocenters. The van der Waals surface area contributed by atoms with Crippen LogP contribution in [0.25, 0.3) is 0 Å². The molecule has 0 bridgehead atoms. The van der Waals surface area contributed by atoms with Crippen molar-refractivity contribution in [3.05, 3.63) is 59.4 Å². The third-order valence-electron chi connectivity index (χ3n) is 3.61. The first-order valence-corrected chi connectivity index (χ1v) is 8.03. The van der Waals surface area contributed by atoms with Crippen molar-refractivity contribution in [2.75, 3.05) is 7.11 Å². The Hall–Kier alpha value is -3.09. The van der Waals surface area contributed by atoms with Crippen molar-refractivity contribution in [2.45, 2.75) is 26.4 Å². The van der Waals surface area contributed by atoms with E-state index < -0.39 is 23.7 Å². The number of hydrogen-bond acceptors (Lipinski definition) is 4. The van der Waals surface area contributed by atoms with Crippen LogP contribution in [0.2, 0.25) is 0 Å². The fourth-order valence-corrected chi connectivity index (χ4v) is 2.27. The fourth-order valence-electron chi connectivity index (χ4n) is 2.27. The molecule has 2 N–H and O–H groups in total. The van der Waals surface area contributed by atoms with E-state index in [0.29, 0.717) is 11.5 Å². The van der Waals surface area contributed by atoms with Gasteiger partial charge in [-0.2, -0.15) is 0 Å². The first-order chi connectivity index (χ1) is 12.4. The Kier molecular flexibility index (Phi) is 6.54. The van der Waals surface area contributed by atoms with E-state index in [0.717, 1.165) is 11.1 Å². The molecule has 2 amide bonds. The molecule has 26 heavy (non-hydrogen) atoms. The molecule has 138 valence electrons. The first kappa shape index (κ1) is 19.2. The highest BCUT2D eigenvalue weighted by Crippen LogP contribution is 2.20. The summed E-state index contributed by atoms with van der Waals surface area (Å²) >= 11 is 0. The lowest BCUT2D eigenvalue weighted by Gasteiger charge is -2.15. The summed E-state index contributed by atoms with van der Waals surface area (Å²) in [6, 6.07) is 10.8. The molecule has 0 heterocycles. The molecule has 2 aromatic carbocycles. The highest BCUT2D eigenvalue weighted by molar-refractivity contribution is 5.85. The van der Waals surface area contributed by atoms with Crippen LogP contribution in [0.15, 0.2) is 42.5 Å². The van der Waals surface area contributed by atoms with Crippen molar-refractivity contribution in [2.24, 2.45) is 0 Å². The van der Waals surface area contributed by atoms with Gasteiger partial charge in [-0.05, 0) is 44.2 Å². The summed E-state index contributed by atoms with van der Waals surface area (Å²) in [5.41, 5.74) is 6.37.